The second kappa shape index (κ2) is 2.89. The summed E-state index contributed by atoms with van der Waals surface area (Å²) in [4.78, 5) is 0. The smallest absolute Gasteiger partial charge is 0.0522 e. The van der Waals surface area contributed by atoms with Crippen molar-refractivity contribution in [1.82, 2.24) is 5.32 Å². The van der Waals surface area contributed by atoms with Gasteiger partial charge in [0, 0.05) is 12.2 Å². The van der Waals surface area contributed by atoms with Crippen molar-refractivity contribution >= 4 is 0 Å². The van der Waals surface area contributed by atoms with Crippen LogP contribution in [-0.2, 0) is 0 Å². The molecule has 2 nitrogen and oxygen atoms in total. The third-order valence-corrected chi connectivity index (χ3v) is 2.21. The Morgan fingerprint density at radius 2 is 2.38 bits per heavy atom. The number of fused-ring (bicyclic) bond motifs is 1. The number of rotatable bonds is 0. The van der Waals surface area contributed by atoms with Gasteiger partial charge in [-0.25, -0.2) is 0 Å². The van der Waals surface area contributed by atoms with Crippen molar-refractivity contribution in [1.29, 1.82) is 0 Å². The Balaban J connectivity index is 2.43. The van der Waals surface area contributed by atoms with Gasteiger partial charge in [0.25, 0.3) is 0 Å². The molecule has 1 unspecified atom stereocenters. The average Bonchev–Trinajstić information content (AvgIpc) is 2.21. The van der Waals surface area contributed by atoms with Gasteiger partial charge in [-0.05, 0) is 18.6 Å². The Labute approximate surface area is 78.5 Å². The monoisotopic (exact) mass is 174 g/mol. The third kappa shape index (κ3) is 1.73. The molecule has 0 spiro atoms. The van der Waals surface area contributed by atoms with Crippen LogP contribution in [0, 0.1) is 0 Å². The van der Waals surface area contributed by atoms with E-state index in [9.17, 15) is 0 Å². The standard InChI is InChI=1S/C11H14N2/c1-11(12)6-2-4-9-5-3-7-13-10(9)8-11/h2-6,8,13H,7,12H2,1H3. The minimum Gasteiger partial charge on any atom is -0.381 e. The first-order valence-corrected chi connectivity index (χ1v) is 4.49. The Morgan fingerprint density at radius 3 is 3.23 bits per heavy atom. The minimum atomic E-state index is -0.342. The number of nitrogens with one attached hydrogen (secondary N) is 1. The summed E-state index contributed by atoms with van der Waals surface area (Å²) in [6.45, 7) is 2.88. The van der Waals surface area contributed by atoms with E-state index in [1.54, 1.807) is 0 Å². The van der Waals surface area contributed by atoms with Gasteiger partial charge >= 0.3 is 0 Å². The van der Waals surface area contributed by atoms with E-state index in [2.05, 4.69) is 29.6 Å². The minimum absolute atomic E-state index is 0.342. The van der Waals surface area contributed by atoms with Gasteiger partial charge in [-0.2, -0.15) is 0 Å². The largest absolute Gasteiger partial charge is 0.381 e. The van der Waals surface area contributed by atoms with Gasteiger partial charge in [0.2, 0.25) is 0 Å². The van der Waals surface area contributed by atoms with Gasteiger partial charge in [0.05, 0.1) is 5.54 Å². The first-order valence-electron chi connectivity index (χ1n) is 4.49. The zero-order valence-corrected chi connectivity index (χ0v) is 7.75. The first kappa shape index (κ1) is 8.32. The highest BCUT2D eigenvalue weighted by Crippen LogP contribution is 2.20. The molecule has 3 N–H and O–H groups in total. The molecule has 0 radical (unpaired) electrons. The molecule has 0 aromatic rings. The third-order valence-electron chi connectivity index (χ3n) is 2.21. The van der Waals surface area contributed by atoms with Crippen LogP contribution in [0.2, 0.25) is 0 Å². The van der Waals surface area contributed by atoms with Crippen LogP contribution in [0.4, 0.5) is 0 Å². The first-order chi connectivity index (χ1) is 6.17. The quantitative estimate of drug-likeness (QED) is 0.580. The van der Waals surface area contributed by atoms with E-state index in [0.717, 1.165) is 12.2 Å². The summed E-state index contributed by atoms with van der Waals surface area (Å²) in [5, 5.41) is 3.30. The summed E-state index contributed by atoms with van der Waals surface area (Å²) in [6.07, 6.45) is 12.4. The maximum absolute atomic E-state index is 6.02. The normalized spacial score (nSPS) is 31.2. The van der Waals surface area contributed by atoms with Crippen molar-refractivity contribution in [3.05, 3.63) is 47.7 Å². The lowest BCUT2D eigenvalue weighted by molar-refractivity contribution is 0.719. The zero-order chi connectivity index (χ0) is 9.31. The van der Waals surface area contributed by atoms with Gasteiger partial charge in [0.1, 0.15) is 0 Å². The number of allylic oxidation sites excluding steroid dienone is 3. The summed E-state index contributed by atoms with van der Waals surface area (Å²) >= 11 is 0. The molecule has 13 heavy (non-hydrogen) atoms. The van der Waals surface area contributed by atoms with E-state index in [1.807, 2.05) is 19.1 Å². The van der Waals surface area contributed by atoms with E-state index in [-0.39, 0.29) is 5.54 Å². The van der Waals surface area contributed by atoms with Crippen LogP contribution in [0.15, 0.2) is 47.7 Å². The lowest BCUT2D eigenvalue weighted by atomic mass is 10.0. The summed E-state index contributed by atoms with van der Waals surface area (Å²) in [5.41, 5.74) is 8.02. The molecule has 0 bridgehead atoms. The van der Waals surface area contributed by atoms with E-state index < -0.39 is 0 Å². The zero-order valence-electron chi connectivity index (χ0n) is 7.75. The predicted octanol–water partition coefficient (Wildman–Crippen LogP) is 1.24. The molecule has 0 saturated heterocycles. The highest BCUT2D eigenvalue weighted by Gasteiger charge is 2.16. The van der Waals surface area contributed by atoms with Gasteiger partial charge in [-0.3, -0.25) is 0 Å². The summed E-state index contributed by atoms with van der Waals surface area (Å²) in [6, 6.07) is 0. The molecular weight excluding hydrogens is 160 g/mol. The topological polar surface area (TPSA) is 38.0 Å². The lowest BCUT2D eigenvalue weighted by Crippen LogP contribution is -2.33. The Bertz CT molecular complexity index is 330. The molecule has 2 rings (SSSR count). The number of hydrogen-bond acceptors (Lipinski definition) is 2. The van der Waals surface area contributed by atoms with Crippen LogP contribution in [-0.4, -0.2) is 12.1 Å². The fourth-order valence-electron chi connectivity index (χ4n) is 1.54. The van der Waals surface area contributed by atoms with Crippen LogP contribution >= 0.6 is 0 Å². The second-order valence-electron chi connectivity index (χ2n) is 3.69. The van der Waals surface area contributed by atoms with Crippen LogP contribution in [0.25, 0.3) is 0 Å². The van der Waals surface area contributed by atoms with Crippen LogP contribution in [0.3, 0.4) is 0 Å². The van der Waals surface area contributed by atoms with E-state index >= 15 is 0 Å². The lowest BCUT2D eigenvalue weighted by Gasteiger charge is -2.19. The second-order valence-corrected chi connectivity index (χ2v) is 3.69. The molecule has 0 amide bonds. The molecule has 0 fully saturated rings. The summed E-state index contributed by atoms with van der Waals surface area (Å²) in [5.74, 6) is 0. The molecule has 1 atom stereocenters. The predicted molar refractivity (Wildman–Crippen MR) is 55.0 cm³/mol. The molecule has 0 aromatic carbocycles. The van der Waals surface area contributed by atoms with Crippen LogP contribution in [0.1, 0.15) is 6.92 Å². The van der Waals surface area contributed by atoms with Crippen molar-refractivity contribution in [2.24, 2.45) is 5.73 Å². The molecule has 1 heterocycles. The van der Waals surface area contributed by atoms with Crippen molar-refractivity contribution < 1.29 is 0 Å². The van der Waals surface area contributed by atoms with Crippen molar-refractivity contribution in [2.45, 2.75) is 12.5 Å². The van der Waals surface area contributed by atoms with Gasteiger partial charge < -0.3 is 11.1 Å². The maximum atomic E-state index is 6.02. The molecule has 2 heteroatoms. The Hall–Kier alpha value is -1.28. The fraction of sp³-hybridized carbons (Fsp3) is 0.273. The molecule has 0 saturated carbocycles. The molecule has 0 aromatic heterocycles. The van der Waals surface area contributed by atoms with Crippen molar-refractivity contribution in [3.63, 3.8) is 0 Å². The van der Waals surface area contributed by atoms with Gasteiger partial charge in [0.15, 0.2) is 0 Å². The van der Waals surface area contributed by atoms with E-state index in [4.69, 9.17) is 5.73 Å². The van der Waals surface area contributed by atoms with Gasteiger partial charge in [-0.1, -0.05) is 30.4 Å². The Morgan fingerprint density at radius 1 is 1.54 bits per heavy atom. The number of nitrogens with two attached hydrogens (primary N) is 1. The molecule has 1 aliphatic heterocycles. The maximum Gasteiger partial charge on any atom is 0.0522 e. The molecule has 68 valence electrons. The van der Waals surface area contributed by atoms with Crippen molar-refractivity contribution in [3.8, 4) is 0 Å². The van der Waals surface area contributed by atoms with E-state index in [0.29, 0.717) is 0 Å². The van der Waals surface area contributed by atoms with Crippen LogP contribution < -0.4 is 11.1 Å². The SMILES string of the molecule is CC1(N)C=CC=C2C=CCNC2=C1. The number of hydrogen-bond donors (Lipinski definition) is 2. The Kier molecular flexibility index (Phi) is 1.85. The summed E-state index contributed by atoms with van der Waals surface area (Å²) in [7, 11) is 0. The highest BCUT2D eigenvalue weighted by atomic mass is 14.9. The molecular formula is C11H14N2. The van der Waals surface area contributed by atoms with Crippen molar-refractivity contribution in [2.75, 3.05) is 6.54 Å². The van der Waals surface area contributed by atoms with Crippen LogP contribution in [0.5, 0.6) is 0 Å². The van der Waals surface area contributed by atoms with E-state index in [1.165, 1.54) is 5.57 Å². The average molecular weight is 174 g/mol. The molecule has 1 aliphatic carbocycles. The summed E-state index contributed by atoms with van der Waals surface area (Å²) < 4.78 is 0. The van der Waals surface area contributed by atoms with Gasteiger partial charge in [-0.15, -0.1) is 0 Å². The highest BCUT2D eigenvalue weighted by molar-refractivity contribution is 5.47. The fourth-order valence-corrected chi connectivity index (χ4v) is 1.54. The molecule has 2 aliphatic rings.